The zero-order chi connectivity index (χ0) is 14.5. The second-order valence-corrected chi connectivity index (χ2v) is 6.99. The van der Waals surface area contributed by atoms with E-state index in [2.05, 4.69) is 24.3 Å². The van der Waals surface area contributed by atoms with Crippen LogP contribution in [0, 0.1) is 5.92 Å². The Morgan fingerprint density at radius 1 is 1.14 bits per heavy atom. The van der Waals surface area contributed by atoms with Gasteiger partial charge in [-0.05, 0) is 50.0 Å². The zero-order valence-corrected chi connectivity index (χ0v) is 13.4. The molecule has 2 heterocycles. The highest BCUT2D eigenvalue weighted by atomic mass is 35.5. The molecule has 0 saturated carbocycles. The minimum absolute atomic E-state index is 0.107. The Morgan fingerprint density at radius 3 is 2.67 bits per heavy atom. The molecule has 2 fully saturated rings. The zero-order valence-electron chi connectivity index (χ0n) is 12.6. The maximum absolute atomic E-state index is 6.55. The van der Waals surface area contributed by atoms with E-state index in [1.165, 1.54) is 24.8 Å². The lowest BCUT2D eigenvalue weighted by Gasteiger charge is -2.43. The van der Waals surface area contributed by atoms with Crippen LogP contribution in [0.5, 0.6) is 0 Å². The monoisotopic (exact) mass is 308 g/mol. The second-order valence-electron chi connectivity index (χ2n) is 6.46. The normalized spacial score (nSPS) is 26.6. The van der Waals surface area contributed by atoms with Crippen molar-refractivity contribution in [2.24, 2.45) is 5.92 Å². The number of ether oxygens (including phenoxy) is 2. The number of alkyl halides is 1. The minimum atomic E-state index is 0.107. The van der Waals surface area contributed by atoms with Crippen molar-refractivity contribution in [3.05, 3.63) is 35.9 Å². The first-order valence-electron chi connectivity index (χ1n) is 8.18. The van der Waals surface area contributed by atoms with Gasteiger partial charge in [0.25, 0.3) is 0 Å². The summed E-state index contributed by atoms with van der Waals surface area (Å²) < 4.78 is 11.6. The van der Waals surface area contributed by atoms with Gasteiger partial charge in [0.1, 0.15) is 0 Å². The van der Waals surface area contributed by atoms with E-state index in [4.69, 9.17) is 21.1 Å². The van der Waals surface area contributed by atoms with Gasteiger partial charge in [-0.2, -0.15) is 0 Å². The Bertz CT molecular complexity index is 423. The molecule has 0 bridgehead atoms. The summed E-state index contributed by atoms with van der Waals surface area (Å²) in [6.07, 6.45) is 6.76. The fourth-order valence-corrected chi connectivity index (χ4v) is 3.95. The van der Waals surface area contributed by atoms with Gasteiger partial charge in [-0.25, -0.2) is 0 Å². The van der Waals surface area contributed by atoms with Gasteiger partial charge < -0.3 is 9.47 Å². The van der Waals surface area contributed by atoms with Crippen molar-refractivity contribution in [1.82, 2.24) is 0 Å². The Labute approximate surface area is 132 Å². The minimum Gasteiger partial charge on any atom is -0.381 e. The molecule has 0 aliphatic carbocycles. The number of hydrogen-bond acceptors (Lipinski definition) is 2. The maximum Gasteiger partial charge on any atom is 0.0729 e. The molecule has 2 aliphatic rings. The third-order valence-corrected chi connectivity index (χ3v) is 5.46. The maximum atomic E-state index is 6.55. The van der Waals surface area contributed by atoms with E-state index in [-0.39, 0.29) is 11.0 Å². The summed E-state index contributed by atoms with van der Waals surface area (Å²) in [5.41, 5.74) is 1.35. The third-order valence-electron chi connectivity index (χ3n) is 4.99. The molecule has 0 amide bonds. The number of rotatable bonds is 4. The quantitative estimate of drug-likeness (QED) is 0.749. The number of halogens is 1. The molecule has 21 heavy (non-hydrogen) atoms. The van der Waals surface area contributed by atoms with Crippen LogP contribution >= 0.6 is 11.6 Å². The number of benzene rings is 1. The summed E-state index contributed by atoms with van der Waals surface area (Å²) in [6, 6.07) is 10.4. The second kappa shape index (κ2) is 7.13. The van der Waals surface area contributed by atoms with Crippen molar-refractivity contribution < 1.29 is 9.47 Å². The molecule has 2 aliphatic heterocycles. The van der Waals surface area contributed by atoms with E-state index >= 15 is 0 Å². The van der Waals surface area contributed by atoms with Crippen LogP contribution in [0.1, 0.15) is 49.5 Å². The van der Waals surface area contributed by atoms with Gasteiger partial charge in [0, 0.05) is 19.8 Å². The van der Waals surface area contributed by atoms with Crippen molar-refractivity contribution in [3.8, 4) is 0 Å². The van der Waals surface area contributed by atoms with Gasteiger partial charge >= 0.3 is 0 Å². The molecule has 1 aromatic rings. The Morgan fingerprint density at radius 2 is 1.90 bits per heavy atom. The standard InChI is InChI=1S/C18H25ClO2/c19-17(16-4-2-1-3-5-16)7-6-15-8-11-21-18(14-15)9-12-20-13-10-18/h1-5,15,17H,6-14H2. The summed E-state index contributed by atoms with van der Waals surface area (Å²) in [6.45, 7) is 2.62. The van der Waals surface area contributed by atoms with Gasteiger partial charge in [0.2, 0.25) is 0 Å². The fourth-order valence-electron chi connectivity index (χ4n) is 3.68. The van der Waals surface area contributed by atoms with Crippen molar-refractivity contribution in [1.29, 1.82) is 0 Å². The molecule has 2 saturated heterocycles. The van der Waals surface area contributed by atoms with Crippen LogP contribution in [0.4, 0.5) is 0 Å². The van der Waals surface area contributed by atoms with E-state index in [9.17, 15) is 0 Å². The summed E-state index contributed by atoms with van der Waals surface area (Å²) in [5, 5.41) is 0.139. The summed E-state index contributed by atoms with van der Waals surface area (Å²) >= 11 is 6.55. The first-order valence-corrected chi connectivity index (χ1v) is 8.62. The molecule has 0 aromatic heterocycles. The van der Waals surface area contributed by atoms with Gasteiger partial charge in [-0.15, -0.1) is 11.6 Å². The average molecular weight is 309 g/mol. The molecular formula is C18H25ClO2. The van der Waals surface area contributed by atoms with Gasteiger partial charge in [0.05, 0.1) is 11.0 Å². The summed E-state index contributed by atoms with van der Waals surface area (Å²) in [7, 11) is 0. The van der Waals surface area contributed by atoms with Crippen LogP contribution in [0.25, 0.3) is 0 Å². The van der Waals surface area contributed by atoms with Gasteiger partial charge in [0.15, 0.2) is 0 Å². The predicted octanol–water partition coefficient (Wildman–Crippen LogP) is 4.72. The molecule has 0 radical (unpaired) electrons. The fraction of sp³-hybridized carbons (Fsp3) is 0.667. The first kappa shape index (κ1) is 15.3. The smallest absolute Gasteiger partial charge is 0.0729 e. The molecule has 3 heteroatoms. The molecular weight excluding hydrogens is 284 g/mol. The molecule has 1 aromatic carbocycles. The first-order chi connectivity index (χ1) is 10.3. The topological polar surface area (TPSA) is 18.5 Å². The van der Waals surface area contributed by atoms with Crippen LogP contribution < -0.4 is 0 Å². The molecule has 3 rings (SSSR count). The lowest BCUT2D eigenvalue weighted by Crippen LogP contribution is -2.44. The lowest BCUT2D eigenvalue weighted by atomic mass is 9.79. The van der Waals surface area contributed by atoms with Crippen LogP contribution in [-0.4, -0.2) is 25.4 Å². The predicted molar refractivity (Wildman–Crippen MR) is 85.7 cm³/mol. The average Bonchev–Trinajstić information content (AvgIpc) is 2.54. The van der Waals surface area contributed by atoms with E-state index in [1.807, 2.05) is 6.07 Å². The lowest BCUT2D eigenvalue weighted by molar-refractivity contribution is -0.147. The Kier molecular flexibility index (Phi) is 5.20. The van der Waals surface area contributed by atoms with Crippen molar-refractivity contribution >= 4 is 11.6 Å². The van der Waals surface area contributed by atoms with E-state index in [0.717, 1.165) is 45.0 Å². The molecule has 0 N–H and O–H groups in total. The summed E-state index contributed by atoms with van der Waals surface area (Å²) in [4.78, 5) is 0. The molecule has 1 spiro atoms. The van der Waals surface area contributed by atoms with Gasteiger partial charge in [-0.3, -0.25) is 0 Å². The van der Waals surface area contributed by atoms with E-state index < -0.39 is 0 Å². The SMILES string of the molecule is ClC(CCC1CCOC2(CCOCC2)C1)c1ccccc1. The molecule has 2 atom stereocenters. The van der Waals surface area contributed by atoms with Crippen LogP contribution in [0.15, 0.2) is 30.3 Å². The Hall–Kier alpha value is -0.570. The number of hydrogen-bond donors (Lipinski definition) is 0. The van der Waals surface area contributed by atoms with E-state index in [1.54, 1.807) is 0 Å². The van der Waals surface area contributed by atoms with Crippen molar-refractivity contribution in [2.75, 3.05) is 19.8 Å². The van der Waals surface area contributed by atoms with Crippen LogP contribution in [-0.2, 0) is 9.47 Å². The highest BCUT2D eigenvalue weighted by molar-refractivity contribution is 6.20. The molecule has 2 unspecified atom stereocenters. The largest absolute Gasteiger partial charge is 0.381 e. The van der Waals surface area contributed by atoms with Crippen LogP contribution in [0.3, 0.4) is 0 Å². The Balaban J connectivity index is 1.51. The summed E-state index contributed by atoms with van der Waals surface area (Å²) in [5.74, 6) is 0.752. The van der Waals surface area contributed by atoms with Crippen LogP contribution in [0.2, 0.25) is 0 Å². The molecule has 116 valence electrons. The molecule has 2 nitrogen and oxygen atoms in total. The van der Waals surface area contributed by atoms with Crippen molar-refractivity contribution in [3.63, 3.8) is 0 Å². The van der Waals surface area contributed by atoms with E-state index in [0.29, 0.717) is 0 Å². The highest BCUT2D eigenvalue weighted by Crippen LogP contribution is 2.40. The van der Waals surface area contributed by atoms with Crippen molar-refractivity contribution in [2.45, 2.75) is 49.5 Å². The third kappa shape index (κ3) is 4.00. The highest BCUT2D eigenvalue weighted by Gasteiger charge is 2.38. The van der Waals surface area contributed by atoms with Gasteiger partial charge in [-0.1, -0.05) is 30.3 Å².